The predicted molar refractivity (Wildman–Crippen MR) is 114 cm³/mol. The van der Waals surface area contributed by atoms with Crippen LogP contribution in [0.4, 0.5) is 0 Å². The van der Waals surface area contributed by atoms with E-state index < -0.39 is 0 Å². The molecule has 0 fully saturated rings. The lowest BCUT2D eigenvalue weighted by Crippen LogP contribution is -2.00. The molecular weight excluding hydrogens is 392 g/mol. The highest BCUT2D eigenvalue weighted by atomic mass is 79.9. The molecule has 0 radical (unpaired) electrons. The molecule has 1 atom stereocenters. The Labute approximate surface area is 165 Å². The summed E-state index contributed by atoms with van der Waals surface area (Å²) in [6.45, 7) is 3.34. The van der Waals surface area contributed by atoms with Crippen molar-refractivity contribution in [1.82, 2.24) is 9.55 Å². The number of benzene rings is 1. The Morgan fingerprint density at radius 1 is 1.04 bits per heavy atom. The summed E-state index contributed by atoms with van der Waals surface area (Å²) in [5.74, 6) is 1.28. The van der Waals surface area contributed by atoms with E-state index in [1.54, 1.807) is 0 Å². The fourth-order valence-corrected chi connectivity index (χ4v) is 4.61. The molecule has 138 valence electrons. The fourth-order valence-electron chi connectivity index (χ4n) is 3.01. The number of hydrogen-bond acceptors (Lipinski definition) is 2. The molecule has 0 N–H and O–H groups in total. The topological polar surface area (TPSA) is 17.8 Å². The number of imidazole rings is 1. The van der Waals surface area contributed by atoms with E-state index in [0.717, 1.165) is 11.0 Å². The van der Waals surface area contributed by atoms with Crippen LogP contribution < -0.4 is 0 Å². The average Bonchev–Trinajstić information content (AvgIpc) is 3.14. The molecule has 0 spiro atoms. The largest absolute Gasteiger partial charge is 0.337 e. The first kappa shape index (κ1) is 20.6. The Hall–Kier alpha value is -0.740. The zero-order valence-corrected chi connectivity index (χ0v) is 17.8. The van der Waals surface area contributed by atoms with Crippen molar-refractivity contribution in [2.75, 3.05) is 5.75 Å². The molecule has 25 heavy (non-hydrogen) atoms. The van der Waals surface area contributed by atoms with Crippen LogP contribution in [0.25, 0.3) is 0 Å². The average molecular weight is 423 g/mol. The minimum Gasteiger partial charge on any atom is -0.337 e. The third-order valence-electron chi connectivity index (χ3n) is 4.50. The van der Waals surface area contributed by atoms with E-state index in [2.05, 4.69) is 74.6 Å². The van der Waals surface area contributed by atoms with E-state index in [1.807, 2.05) is 12.5 Å². The van der Waals surface area contributed by atoms with E-state index in [4.69, 9.17) is 0 Å². The van der Waals surface area contributed by atoms with Crippen molar-refractivity contribution in [1.29, 1.82) is 0 Å². The summed E-state index contributed by atoms with van der Waals surface area (Å²) in [4.78, 5) is 4.13. The first-order chi connectivity index (χ1) is 12.3. The van der Waals surface area contributed by atoms with Crippen molar-refractivity contribution in [3.8, 4) is 0 Å². The SMILES string of the molecule is CCCCCCCCSC(CCCn1ccnc1)c1ccc(Br)cc1. The molecule has 0 amide bonds. The molecule has 1 aromatic heterocycles. The fraction of sp³-hybridized carbons (Fsp3) is 0.571. The van der Waals surface area contributed by atoms with Gasteiger partial charge < -0.3 is 4.57 Å². The van der Waals surface area contributed by atoms with Crippen molar-refractivity contribution >= 4 is 27.7 Å². The molecule has 1 heterocycles. The van der Waals surface area contributed by atoms with Crippen LogP contribution in [0.5, 0.6) is 0 Å². The van der Waals surface area contributed by atoms with Gasteiger partial charge in [0.25, 0.3) is 0 Å². The van der Waals surface area contributed by atoms with Crippen LogP contribution in [0, 0.1) is 0 Å². The molecule has 0 aliphatic carbocycles. The lowest BCUT2D eigenvalue weighted by Gasteiger charge is -2.17. The van der Waals surface area contributed by atoms with Gasteiger partial charge in [0, 0.05) is 28.7 Å². The third-order valence-corrected chi connectivity index (χ3v) is 6.46. The molecule has 2 nitrogen and oxygen atoms in total. The van der Waals surface area contributed by atoms with Gasteiger partial charge in [-0.1, -0.05) is 67.1 Å². The van der Waals surface area contributed by atoms with E-state index in [-0.39, 0.29) is 0 Å². The predicted octanol–water partition coefficient (Wildman–Crippen LogP) is 7.26. The first-order valence-corrected chi connectivity index (χ1v) is 11.5. The minimum atomic E-state index is 0.604. The van der Waals surface area contributed by atoms with Gasteiger partial charge in [-0.25, -0.2) is 4.98 Å². The smallest absolute Gasteiger partial charge is 0.0945 e. The molecule has 4 heteroatoms. The minimum absolute atomic E-state index is 0.604. The van der Waals surface area contributed by atoms with Crippen LogP contribution in [0.15, 0.2) is 47.5 Å². The number of halogens is 1. The van der Waals surface area contributed by atoms with Crippen molar-refractivity contribution in [3.05, 3.63) is 53.0 Å². The number of aromatic nitrogens is 2. The van der Waals surface area contributed by atoms with Gasteiger partial charge in [0.1, 0.15) is 0 Å². The summed E-state index contributed by atoms with van der Waals surface area (Å²) >= 11 is 5.69. The Kier molecular flexibility index (Phi) is 10.4. The lowest BCUT2D eigenvalue weighted by molar-refractivity contribution is 0.602. The van der Waals surface area contributed by atoms with Crippen LogP contribution in [0.3, 0.4) is 0 Å². The summed E-state index contributed by atoms with van der Waals surface area (Å²) in [7, 11) is 0. The summed E-state index contributed by atoms with van der Waals surface area (Å²) in [5, 5.41) is 0.604. The molecule has 0 saturated heterocycles. The van der Waals surface area contributed by atoms with Crippen molar-refractivity contribution < 1.29 is 0 Å². The summed E-state index contributed by atoms with van der Waals surface area (Å²) in [6, 6.07) is 8.90. The van der Waals surface area contributed by atoms with Gasteiger partial charge in [-0.05, 0) is 42.7 Å². The molecule has 2 rings (SSSR count). The highest BCUT2D eigenvalue weighted by molar-refractivity contribution is 9.10. The molecule has 1 aromatic carbocycles. The Bertz CT molecular complexity index is 554. The molecule has 0 saturated carbocycles. The monoisotopic (exact) mass is 422 g/mol. The molecular formula is C21H31BrN2S. The number of thioether (sulfide) groups is 1. The Morgan fingerprint density at radius 2 is 1.80 bits per heavy atom. The maximum atomic E-state index is 4.13. The van der Waals surface area contributed by atoms with Gasteiger partial charge in [0.2, 0.25) is 0 Å². The van der Waals surface area contributed by atoms with Gasteiger partial charge in [-0.2, -0.15) is 11.8 Å². The molecule has 1 unspecified atom stereocenters. The number of nitrogens with zero attached hydrogens (tertiary/aromatic N) is 2. The second-order valence-corrected chi connectivity index (χ2v) is 8.85. The summed E-state index contributed by atoms with van der Waals surface area (Å²) in [6.07, 6.45) is 16.5. The second-order valence-electron chi connectivity index (χ2n) is 6.62. The molecule has 2 aromatic rings. The maximum Gasteiger partial charge on any atom is 0.0945 e. The number of rotatable bonds is 13. The van der Waals surface area contributed by atoms with Crippen molar-refractivity contribution in [2.45, 2.75) is 70.1 Å². The van der Waals surface area contributed by atoms with Crippen LogP contribution >= 0.6 is 27.7 Å². The van der Waals surface area contributed by atoms with Gasteiger partial charge in [-0.15, -0.1) is 0 Å². The van der Waals surface area contributed by atoms with Crippen LogP contribution in [-0.2, 0) is 6.54 Å². The summed E-state index contributed by atoms with van der Waals surface area (Å²) < 4.78 is 3.34. The lowest BCUT2D eigenvalue weighted by atomic mass is 10.1. The Morgan fingerprint density at radius 3 is 2.52 bits per heavy atom. The molecule has 0 bridgehead atoms. The van der Waals surface area contributed by atoms with Crippen molar-refractivity contribution in [3.63, 3.8) is 0 Å². The standard InChI is InChI=1S/C21H31BrN2S/c1-2-3-4-5-6-7-17-25-21(19-10-12-20(22)13-11-19)9-8-15-24-16-14-23-18-24/h10-14,16,18,21H,2-9,15,17H2,1H3. The first-order valence-electron chi connectivity index (χ1n) is 9.62. The number of aryl methyl sites for hydroxylation is 1. The van der Waals surface area contributed by atoms with E-state index in [1.165, 1.54) is 62.7 Å². The van der Waals surface area contributed by atoms with Gasteiger partial charge in [-0.3, -0.25) is 0 Å². The van der Waals surface area contributed by atoms with E-state index in [0.29, 0.717) is 5.25 Å². The van der Waals surface area contributed by atoms with E-state index >= 15 is 0 Å². The zero-order chi connectivity index (χ0) is 17.7. The van der Waals surface area contributed by atoms with Gasteiger partial charge >= 0.3 is 0 Å². The highest BCUT2D eigenvalue weighted by Crippen LogP contribution is 2.34. The van der Waals surface area contributed by atoms with Gasteiger partial charge in [0.15, 0.2) is 0 Å². The van der Waals surface area contributed by atoms with Crippen LogP contribution in [-0.4, -0.2) is 15.3 Å². The quantitative estimate of drug-likeness (QED) is 0.316. The normalized spacial score (nSPS) is 12.4. The molecule has 0 aliphatic rings. The van der Waals surface area contributed by atoms with E-state index in [9.17, 15) is 0 Å². The highest BCUT2D eigenvalue weighted by Gasteiger charge is 2.12. The second kappa shape index (κ2) is 12.6. The molecule has 0 aliphatic heterocycles. The van der Waals surface area contributed by atoms with Crippen LogP contribution in [0.1, 0.15) is 69.1 Å². The Balaban J connectivity index is 1.76. The van der Waals surface area contributed by atoms with Crippen LogP contribution in [0.2, 0.25) is 0 Å². The number of unbranched alkanes of at least 4 members (excludes halogenated alkanes) is 5. The number of hydrogen-bond donors (Lipinski definition) is 0. The zero-order valence-electron chi connectivity index (χ0n) is 15.4. The third kappa shape index (κ3) is 8.46. The van der Waals surface area contributed by atoms with Gasteiger partial charge in [0.05, 0.1) is 6.33 Å². The summed E-state index contributed by atoms with van der Waals surface area (Å²) in [5.41, 5.74) is 1.46. The van der Waals surface area contributed by atoms with Crippen molar-refractivity contribution in [2.24, 2.45) is 0 Å². The maximum absolute atomic E-state index is 4.13.